The molecule has 2 aromatic heterocycles. The summed E-state index contributed by atoms with van der Waals surface area (Å²) in [5, 5.41) is 3.01. The van der Waals surface area contributed by atoms with Crippen LogP contribution in [0.5, 0.6) is 0 Å². The molecule has 0 spiro atoms. The average Bonchev–Trinajstić information content (AvgIpc) is 3.26. The number of pyridine rings is 1. The van der Waals surface area contributed by atoms with Crippen molar-refractivity contribution in [2.24, 2.45) is 11.8 Å². The molecule has 3 N–H and O–H groups in total. The second kappa shape index (κ2) is 5.83. The van der Waals surface area contributed by atoms with Gasteiger partial charge in [0.25, 0.3) is 0 Å². The number of amides is 1. The molecule has 1 aliphatic rings. The average molecular weight is 315 g/mol. The first-order valence-electron chi connectivity index (χ1n) is 8.28. The molecule has 0 bridgehead atoms. The molecule has 0 unspecified atom stereocenters. The number of carbonyl (C=O) groups excluding carboxylic acids is 1. The van der Waals surface area contributed by atoms with E-state index in [4.69, 9.17) is 5.73 Å². The van der Waals surface area contributed by atoms with Gasteiger partial charge in [0.05, 0.1) is 12.1 Å². The van der Waals surface area contributed by atoms with Crippen molar-refractivity contribution in [3.8, 4) is 0 Å². The summed E-state index contributed by atoms with van der Waals surface area (Å²) < 4.78 is 2.19. The fraction of sp³-hybridized carbons (Fsp3) is 0.588. The van der Waals surface area contributed by atoms with Crippen molar-refractivity contribution in [3.05, 3.63) is 17.1 Å². The van der Waals surface area contributed by atoms with E-state index in [1.165, 1.54) is 0 Å². The first kappa shape index (κ1) is 15.8. The van der Waals surface area contributed by atoms with E-state index in [9.17, 15) is 4.79 Å². The van der Waals surface area contributed by atoms with E-state index in [2.05, 4.69) is 40.6 Å². The van der Waals surface area contributed by atoms with E-state index in [0.29, 0.717) is 18.3 Å². The molecule has 124 valence electrons. The predicted octanol–water partition coefficient (Wildman–Crippen LogP) is 2.31. The summed E-state index contributed by atoms with van der Waals surface area (Å²) >= 11 is 0. The van der Waals surface area contributed by atoms with Crippen LogP contribution in [0.25, 0.3) is 11.0 Å². The van der Waals surface area contributed by atoms with Crippen LogP contribution in [0.15, 0.2) is 0 Å². The largest absolute Gasteiger partial charge is 0.382 e. The van der Waals surface area contributed by atoms with E-state index in [0.717, 1.165) is 47.5 Å². The van der Waals surface area contributed by atoms with Crippen LogP contribution in [0.1, 0.15) is 43.8 Å². The minimum atomic E-state index is 0.132. The molecule has 0 saturated heterocycles. The molecule has 2 aromatic rings. The van der Waals surface area contributed by atoms with E-state index in [-0.39, 0.29) is 11.8 Å². The van der Waals surface area contributed by atoms with Gasteiger partial charge >= 0.3 is 0 Å². The topological polar surface area (TPSA) is 85.8 Å². The summed E-state index contributed by atoms with van der Waals surface area (Å²) in [5.41, 5.74) is 9.88. The molecule has 2 heterocycles. The van der Waals surface area contributed by atoms with E-state index in [1.54, 1.807) is 0 Å². The van der Waals surface area contributed by atoms with E-state index in [1.807, 2.05) is 6.92 Å². The van der Waals surface area contributed by atoms with Crippen molar-refractivity contribution in [1.82, 2.24) is 19.9 Å². The van der Waals surface area contributed by atoms with Gasteiger partial charge in [-0.1, -0.05) is 13.8 Å². The fourth-order valence-electron chi connectivity index (χ4n) is 2.90. The number of anilines is 1. The van der Waals surface area contributed by atoms with Gasteiger partial charge in [-0.05, 0) is 38.2 Å². The molecule has 23 heavy (non-hydrogen) atoms. The quantitative estimate of drug-likeness (QED) is 0.886. The Morgan fingerprint density at radius 3 is 2.65 bits per heavy atom. The summed E-state index contributed by atoms with van der Waals surface area (Å²) in [4.78, 5) is 21.0. The maximum atomic E-state index is 11.9. The van der Waals surface area contributed by atoms with Gasteiger partial charge in [-0.25, -0.2) is 9.97 Å². The van der Waals surface area contributed by atoms with Crippen LogP contribution >= 0.6 is 0 Å². The molecule has 1 amide bonds. The summed E-state index contributed by atoms with van der Waals surface area (Å²) in [6.07, 6.45) is 2.01. The van der Waals surface area contributed by atoms with Crippen molar-refractivity contribution in [1.29, 1.82) is 0 Å². The van der Waals surface area contributed by atoms with Gasteiger partial charge in [-0.3, -0.25) is 4.79 Å². The summed E-state index contributed by atoms with van der Waals surface area (Å²) in [7, 11) is 0. The minimum Gasteiger partial charge on any atom is -0.382 e. The van der Waals surface area contributed by atoms with Crippen molar-refractivity contribution < 1.29 is 4.79 Å². The highest BCUT2D eigenvalue weighted by Gasteiger charge is 2.29. The molecule has 0 atom stereocenters. The highest BCUT2D eigenvalue weighted by atomic mass is 16.2. The normalized spacial score (nSPS) is 14.7. The summed E-state index contributed by atoms with van der Waals surface area (Å²) in [5.74, 6) is 2.12. The van der Waals surface area contributed by atoms with Crippen LogP contribution < -0.4 is 11.1 Å². The van der Waals surface area contributed by atoms with Gasteiger partial charge in [-0.2, -0.15) is 0 Å². The third-order valence-corrected chi connectivity index (χ3v) is 4.39. The molecule has 6 heteroatoms. The Morgan fingerprint density at radius 1 is 1.35 bits per heavy atom. The lowest BCUT2D eigenvalue weighted by Crippen LogP contribution is -2.26. The monoisotopic (exact) mass is 315 g/mol. The van der Waals surface area contributed by atoms with Crippen LogP contribution in [-0.4, -0.2) is 20.4 Å². The predicted molar refractivity (Wildman–Crippen MR) is 90.8 cm³/mol. The van der Waals surface area contributed by atoms with Gasteiger partial charge in [0.2, 0.25) is 5.91 Å². The molecule has 1 aliphatic carbocycles. The lowest BCUT2D eigenvalue weighted by Gasteiger charge is -2.14. The number of nitrogens with two attached hydrogens (primary N) is 1. The number of rotatable bonds is 5. The van der Waals surface area contributed by atoms with Crippen LogP contribution in [0.2, 0.25) is 0 Å². The Labute approximate surface area is 136 Å². The number of hydrogen-bond acceptors (Lipinski definition) is 4. The Morgan fingerprint density at radius 2 is 2.04 bits per heavy atom. The number of hydrogen-bond donors (Lipinski definition) is 2. The number of nitrogen functional groups attached to an aromatic ring is 1. The lowest BCUT2D eigenvalue weighted by molar-refractivity contribution is -0.122. The SMILES string of the molecule is Cc1nc(N)c2nc(CNC(=O)C3CC3)n(CC(C)C)c2c1C. The number of nitrogens with zero attached hydrogens (tertiary/aromatic N) is 3. The number of imidazole rings is 1. The first-order chi connectivity index (χ1) is 10.9. The Balaban J connectivity index is 2.02. The molecule has 1 fully saturated rings. The number of fused-ring (bicyclic) bond motifs is 1. The molecular weight excluding hydrogens is 290 g/mol. The Hall–Kier alpha value is -2.11. The first-order valence-corrected chi connectivity index (χ1v) is 8.28. The zero-order valence-electron chi connectivity index (χ0n) is 14.3. The number of carbonyl (C=O) groups is 1. The third kappa shape index (κ3) is 3.02. The van der Waals surface area contributed by atoms with Crippen molar-refractivity contribution in [2.75, 3.05) is 5.73 Å². The van der Waals surface area contributed by atoms with Crippen LogP contribution in [-0.2, 0) is 17.9 Å². The second-order valence-electron chi connectivity index (χ2n) is 6.93. The smallest absolute Gasteiger partial charge is 0.223 e. The van der Waals surface area contributed by atoms with Gasteiger partial charge in [-0.15, -0.1) is 0 Å². The second-order valence-corrected chi connectivity index (χ2v) is 6.93. The number of nitrogens with one attached hydrogen (secondary N) is 1. The highest BCUT2D eigenvalue weighted by Crippen LogP contribution is 2.29. The molecule has 1 saturated carbocycles. The van der Waals surface area contributed by atoms with Gasteiger partial charge in [0, 0.05) is 18.2 Å². The van der Waals surface area contributed by atoms with Crippen molar-refractivity contribution >= 4 is 22.8 Å². The maximum Gasteiger partial charge on any atom is 0.223 e. The Bertz CT molecular complexity index is 758. The van der Waals surface area contributed by atoms with Crippen LogP contribution in [0.3, 0.4) is 0 Å². The van der Waals surface area contributed by atoms with Gasteiger partial charge < -0.3 is 15.6 Å². The molecule has 0 aromatic carbocycles. The molecule has 0 aliphatic heterocycles. The maximum absolute atomic E-state index is 11.9. The van der Waals surface area contributed by atoms with Crippen molar-refractivity contribution in [3.63, 3.8) is 0 Å². The van der Waals surface area contributed by atoms with Crippen LogP contribution in [0, 0.1) is 25.7 Å². The number of aromatic nitrogens is 3. The summed E-state index contributed by atoms with van der Waals surface area (Å²) in [6.45, 7) is 9.64. The van der Waals surface area contributed by atoms with Gasteiger partial charge in [0.15, 0.2) is 5.82 Å². The van der Waals surface area contributed by atoms with E-state index >= 15 is 0 Å². The Kier molecular flexibility index (Phi) is 4.00. The third-order valence-electron chi connectivity index (χ3n) is 4.39. The molecular formula is C17H25N5O. The van der Waals surface area contributed by atoms with E-state index < -0.39 is 0 Å². The standard InChI is InChI=1S/C17H25N5O/c1-9(2)8-22-13(7-19-17(23)12-5-6-12)21-14-15(22)10(3)11(4)20-16(14)18/h9,12H,5-8H2,1-4H3,(H2,18,20)(H,19,23). The molecule has 3 rings (SSSR count). The minimum absolute atomic E-state index is 0.132. The van der Waals surface area contributed by atoms with Gasteiger partial charge in [0.1, 0.15) is 11.3 Å². The number of aryl methyl sites for hydroxylation is 2. The zero-order valence-corrected chi connectivity index (χ0v) is 14.3. The molecule has 6 nitrogen and oxygen atoms in total. The van der Waals surface area contributed by atoms with Crippen LogP contribution in [0.4, 0.5) is 5.82 Å². The highest BCUT2D eigenvalue weighted by molar-refractivity contribution is 5.88. The summed E-state index contributed by atoms with van der Waals surface area (Å²) in [6, 6.07) is 0. The lowest BCUT2D eigenvalue weighted by atomic mass is 10.1. The molecule has 0 radical (unpaired) electrons. The zero-order chi connectivity index (χ0) is 16.7. The van der Waals surface area contributed by atoms with Crippen molar-refractivity contribution in [2.45, 2.75) is 53.6 Å². The fourth-order valence-corrected chi connectivity index (χ4v) is 2.90.